The van der Waals surface area contributed by atoms with Crippen molar-refractivity contribution in [3.05, 3.63) is 34.9 Å². The molecule has 0 spiro atoms. The van der Waals surface area contributed by atoms with E-state index in [9.17, 15) is 18.0 Å². The number of nitrogens with zero attached hydrogens (tertiary/aromatic N) is 2. The second-order valence-electron chi connectivity index (χ2n) is 6.86. The predicted octanol–water partition coefficient (Wildman–Crippen LogP) is 2.62. The topological polar surface area (TPSA) is 84.0 Å². The third-order valence-electron chi connectivity index (χ3n) is 4.85. The van der Waals surface area contributed by atoms with E-state index < -0.39 is 16.0 Å². The summed E-state index contributed by atoms with van der Waals surface area (Å²) in [5.41, 5.74) is 1.35. The first-order valence-electron chi connectivity index (χ1n) is 9.29. The van der Waals surface area contributed by atoms with Crippen molar-refractivity contribution in [1.29, 1.82) is 0 Å². The minimum atomic E-state index is -3.66. The van der Waals surface area contributed by atoms with Gasteiger partial charge in [-0.1, -0.05) is 32.8 Å². The Morgan fingerprint density at radius 3 is 2.44 bits per heavy atom. The van der Waals surface area contributed by atoms with Gasteiger partial charge in [-0.05, 0) is 41.4 Å². The molecule has 1 amide bonds. The first kappa shape index (κ1) is 21.4. The van der Waals surface area contributed by atoms with Crippen LogP contribution < -0.4 is 0 Å². The molecule has 0 saturated carbocycles. The Morgan fingerprint density at radius 1 is 1.26 bits per heavy atom. The lowest BCUT2D eigenvalue weighted by Gasteiger charge is -2.36. The van der Waals surface area contributed by atoms with E-state index in [0.717, 1.165) is 39.0 Å². The minimum absolute atomic E-state index is 0.0748. The van der Waals surface area contributed by atoms with Gasteiger partial charge in [0.05, 0.1) is 11.8 Å². The van der Waals surface area contributed by atoms with Gasteiger partial charge < -0.3 is 9.74 Å². The van der Waals surface area contributed by atoms with Crippen LogP contribution in [0.2, 0.25) is 0 Å². The van der Waals surface area contributed by atoms with Crippen molar-refractivity contribution in [1.82, 2.24) is 9.37 Å². The van der Waals surface area contributed by atoms with Gasteiger partial charge in [0, 0.05) is 25.2 Å². The summed E-state index contributed by atoms with van der Waals surface area (Å²) in [6, 6.07) is 5.12. The molecular weight excluding hydrogens is 368 g/mol. The second kappa shape index (κ2) is 8.84. The average Bonchev–Trinajstić information content (AvgIpc) is 2.60. The van der Waals surface area contributed by atoms with Gasteiger partial charge in [-0.25, -0.2) is 13.2 Å². The molecule has 0 N–H and O–H groups in total. The van der Waals surface area contributed by atoms with Gasteiger partial charge >= 0.3 is 5.97 Å². The molecule has 0 saturated heterocycles. The van der Waals surface area contributed by atoms with Crippen LogP contribution >= 0.6 is 0 Å². The predicted molar refractivity (Wildman–Crippen MR) is 103 cm³/mol. The van der Waals surface area contributed by atoms with Crippen molar-refractivity contribution in [3.8, 4) is 0 Å². The third-order valence-corrected chi connectivity index (χ3v) is 5.86. The Balaban J connectivity index is 2.29. The molecule has 0 fully saturated rings. The number of hydrogen-bond donors (Lipinski definition) is 0. The molecular formula is C19H28N2O5S. The Morgan fingerprint density at radius 2 is 1.89 bits per heavy atom. The van der Waals surface area contributed by atoms with Crippen molar-refractivity contribution in [3.63, 3.8) is 0 Å². The quantitative estimate of drug-likeness (QED) is 0.631. The zero-order chi connectivity index (χ0) is 20.2. The molecule has 0 radical (unpaired) electrons. The Bertz CT molecular complexity index is 800. The fraction of sp³-hybridized carbons (Fsp3) is 0.579. The van der Waals surface area contributed by atoms with Crippen LogP contribution in [0.1, 0.15) is 65.8 Å². The number of fused-ring (bicyclic) bond motifs is 1. The molecule has 1 aromatic rings. The van der Waals surface area contributed by atoms with Crippen LogP contribution in [0.25, 0.3) is 0 Å². The zero-order valence-electron chi connectivity index (χ0n) is 16.4. The highest BCUT2D eigenvalue weighted by atomic mass is 32.2. The van der Waals surface area contributed by atoms with Crippen LogP contribution in [-0.2, 0) is 21.3 Å². The van der Waals surface area contributed by atoms with E-state index in [2.05, 4.69) is 13.8 Å². The Labute approximate surface area is 161 Å². The van der Waals surface area contributed by atoms with Crippen molar-refractivity contribution in [2.24, 2.45) is 0 Å². The van der Waals surface area contributed by atoms with Gasteiger partial charge in [0.15, 0.2) is 0 Å². The molecule has 0 aliphatic carbocycles. The summed E-state index contributed by atoms with van der Waals surface area (Å²) < 4.78 is 23.5. The van der Waals surface area contributed by atoms with E-state index in [4.69, 9.17) is 4.84 Å². The Kier molecular flexibility index (Phi) is 7.00. The van der Waals surface area contributed by atoms with Gasteiger partial charge in [-0.15, -0.1) is 0 Å². The lowest BCUT2D eigenvalue weighted by Crippen LogP contribution is -2.45. The Hall–Kier alpha value is -1.93. The lowest BCUT2D eigenvalue weighted by molar-refractivity contribution is -0.0292. The maximum atomic E-state index is 13.0. The molecule has 0 atom stereocenters. The number of benzene rings is 1. The monoisotopic (exact) mass is 396 g/mol. The van der Waals surface area contributed by atoms with Crippen molar-refractivity contribution >= 4 is 21.9 Å². The van der Waals surface area contributed by atoms with Gasteiger partial charge in [0.2, 0.25) is 10.0 Å². The van der Waals surface area contributed by atoms with Crippen LogP contribution in [0.15, 0.2) is 18.2 Å². The molecule has 1 heterocycles. The molecule has 1 aliphatic rings. The van der Waals surface area contributed by atoms with E-state index in [1.807, 2.05) is 4.90 Å². The fourth-order valence-electron chi connectivity index (χ4n) is 3.44. The number of hydrogen-bond acceptors (Lipinski definition) is 5. The standard InChI is InChI=1S/C19H28N2O5S/c1-5-8-14(9-6-2)21-13-12-15-16(18(21)22)10-7-11-17(15)19(23)26-20(3)27(4,24)25/h7,10-11,14H,5-6,8-9,12-13H2,1-4H3. The number of hydroxylamine groups is 1. The summed E-state index contributed by atoms with van der Waals surface area (Å²) in [6.45, 7) is 4.76. The van der Waals surface area contributed by atoms with Crippen molar-refractivity contribution in [2.45, 2.75) is 52.0 Å². The summed E-state index contributed by atoms with van der Waals surface area (Å²) in [5, 5.41) is 0. The van der Waals surface area contributed by atoms with Gasteiger partial charge in [0.25, 0.3) is 5.91 Å². The summed E-state index contributed by atoms with van der Waals surface area (Å²) >= 11 is 0. The fourth-order valence-corrected chi connectivity index (χ4v) is 3.64. The van der Waals surface area contributed by atoms with Gasteiger partial charge in [-0.3, -0.25) is 4.79 Å². The normalized spacial score (nSPS) is 14.6. The molecule has 8 heteroatoms. The minimum Gasteiger partial charge on any atom is -0.349 e. The largest absolute Gasteiger partial charge is 0.358 e. The first-order chi connectivity index (χ1) is 12.7. The van der Waals surface area contributed by atoms with E-state index in [1.165, 1.54) is 0 Å². The van der Waals surface area contributed by atoms with Crippen LogP contribution in [0, 0.1) is 0 Å². The second-order valence-corrected chi connectivity index (χ2v) is 8.84. The maximum absolute atomic E-state index is 13.0. The highest BCUT2D eigenvalue weighted by molar-refractivity contribution is 7.88. The molecule has 27 heavy (non-hydrogen) atoms. The summed E-state index contributed by atoms with van der Waals surface area (Å²) in [7, 11) is -2.49. The highest BCUT2D eigenvalue weighted by Crippen LogP contribution is 2.27. The maximum Gasteiger partial charge on any atom is 0.358 e. The number of amides is 1. The summed E-state index contributed by atoms with van der Waals surface area (Å²) in [4.78, 5) is 32.3. The summed E-state index contributed by atoms with van der Waals surface area (Å²) in [6.07, 6.45) is 5.41. The van der Waals surface area contributed by atoms with Gasteiger partial charge in [0.1, 0.15) is 0 Å². The van der Waals surface area contributed by atoms with E-state index >= 15 is 0 Å². The average molecular weight is 397 g/mol. The molecule has 7 nitrogen and oxygen atoms in total. The van der Waals surface area contributed by atoms with Crippen LogP contribution in [0.3, 0.4) is 0 Å². The number of carbonyl (C=O) groups excluding carboxylic acids is 2. The van der Waals surface area contributed by atoms with E-state index in [-0.39, 0.29) is 17.5 Å². The number of rotatable bonds is 8. The smallest absolute Gasteiger partial charge is 0.349 e. The molecule has 2 rings (SSSR count). The van der Waals surface area contributed by atoms with E-state index in [0.29, 0.717) is 28.6 Å². The number of carbonyl (C=O) groups is 2. The lowest BCUT2D eigenvalue weighted by atomic mass is 9.91. The first-order valence-corrected chi connectivity index (χ1v) is 11.1. The van der Waals surface area contributed by atoms with E-state index in [1.54, 1.807) is 18.2 Å². The van der Waals surface area contributed by atoms with Crippen molar-refractivity contribution in [2.75, 3.05) is 19.8 Å². The zero-order valence-corrected chi connectivity index (χ0v) is 17.2. The SMILES string of the molecule is CCCC(CCC)N1CCc2c(C(=O)ON(C)S(C)(=O)=O)cccc2C1=O. The molecule has 0 unspecified atom stereocenters. The molecule has 0 aromatic heterocycles. The summed E-state index contributed by atoms with van der Waals surface area (Å²) in [5.74, 6) is -0.853. The van der Waals surface area contributed by atoms with Crippen LogP contribution in [-0.4, -0.2) is 55.6 Å². The molecule has 0 bridgehead atoms. The highest BCUT2D eigenvalue weighted by Gasteiger charge is 2.32. The van der Waals surface area contributed by atoms with Crippen molar-refractivity contribution < 1.29 is 22.8 Å². The van der Waals surface area contributed by atoms with Crippen LogP contribution in [0.4, 0.5) is 0 Å². The third kappa shape index (κ3) is 4.87. The van der Waals surface area contributed by atoms with Gasteiger partial charge in [-0.2, -0.15) is 0 Å². The number of sulfonamides is 1. The molecule has 1 aromatic carbocycles. The van der Waals surface area contributed by atoms with Crippen LogP contribution in [0.5, 0.6) is 0 Å². The molecule has 1 aliphatic heterocycles. The molecule has 150 valence electrons.